The van der Waals surface area contributed by atoms with Crippen LogP contribution >= 0.6 is 0 Å². The van der Waals surface area contributed by atoms with E-state index in [1.54, 1.807) is 6.92 Å². The zero-order chi connectivity index (χ0) is 10.7. The fraction of sp³-hybridized carbons (Fsp3) is 0.818. The molecule has 1 rings (SSSR count). The quantitative estimate of drug-likeness (QED) is 0.635. The van der Waals surface area contributed by atoms with Crippen molar-refractivity contribution in [2.45, 2.75) is 33.1 Å². The zero-order valence-corrected chi connectivity index (χ0v) is 9.08. The highest BCUT2D eigenvalue weighted by Gasteiger charge is 2.34. The average molecular weight is 198 g/mol. The first-order valence-corrected chi connectivity index (χ1v) is 5.16. The SMILES string of the molecule is COC(=O)[C@H](C)[C@H]1CC[C@H](C)CC1=O. The third kappa shape index (κ3) is 2.34. The van der Waals surface area contributed by atoms with Crippen LogP contribution in [0.5, 0.6) is 0 Å². The molecule has 0 aromatic rings. The summed E-state index contributed by atoms with van der Waals surface area (Å²) in [6, 6.07) is 0. The molecule has 0 heterocycles. The fourth-order valence-electron chi connectivity index (χ4n) is 2.10. The van der Waals surface area contributed by atoms with Gasteiger partial charge >= 0.3 is 5.97 Å². The Balaban J connectivity index is 2.60. The summed E-state index contributed by atoms with van der Waals surface area (Å²) >= 11 is 0. The molecule has 0 aromatic carbocycles. The smallest absolute Gasteiger partial charge is 0.309 e. The molecule has 1 aliphatic rings. The maximum Gasteiger partial charge on any atom is 0.309 e. The summed E-state index contributed by atoms with van der Waals surface area (Å²) < 4.78 is 4.65. The molecule has 3 nitrogen and oxygen atoms in total. The molecule has 80 valence electrons. The number of ketones is 1. The topological polar surface area (TPSA) is 43.4 Å². The van der Waals surface area contributed by atoms with Gasteiger partial charge in [0.2, 0.25) is 0 Å². The summed E-state index contributed by atoms with van der Waals surface area (Å²) in [6.45, 7) is 3.86. The van der Waals surface area contributed by atoms with Crippen molar-refractivity contribution in [3.63, 3.8) is 0 Å². The van der Waals surface area contributed by atoms with E-state index < -0.39 is 0 Å². The molecule has 0 aliphatic heterocycles. The number of hydrogen-bond acceptors (Lipinski definition) is 3. The highest BCUT2D eigenvalue weighted by molar-refractivity contribution is 5.87. The average Bonchev–Trinajstić information content (AvgIpc) is 2.15. The van der Waals surface area contributed by atoms with Crippen molar-refractivity contribution in [2.75, 3.05) is 7.11 Å². The molecule has 0 aromatic heterocycles. The first-order chi connectivity index (χ1) is 6.56. The van der Waals surface area contributed by atoms with E-state index >= 15 is 0 Å². The Morgan fingerprint density at radius 2 is 2.14 bits per heavy atom. The van der Waals surface area contributed by atoms with E-state index in [0.717, 1.165) is 12.8 Å². The maximum atomic E-state index is 11.7. The van der Waals surface area contributed by atoms with E-state index in [2.05, 4.69) is 11.7 Å². The Bertz CT molecular complexity index is 235. The number of rotatable bonds is 2. The highest BCUT2D eigenvalue weighted by atomic mass is 16.5. The number of Topliss-reactive ketones (excluding diaryl/α,β-unsaturated/α-hetero) is 1. The van der Waals surface area contributed by atoms with Crippen LogP contribution in [0.1, 0.15) is 33.1 Å². The van der Waals surface area contributed by atoms with Crippen LogP contribution < -0.4 is 0 Å². The Kier molecular flexibility index (Phi) is 3.67. The number of hydrogen-bond donors (Lipinski definition) is 0. The molecule has 0 amide bonds. The summed E-state index contributed by atoms with van der Waals surface area (Å²) in [5.41, 5.74) is 0. The highest BCUT2D eigenvalue weighted by Crippen LogP contribution is 2.30. The second-order valence-corrected chi connectivity index (χ2v) is 4.27. The molecule has 0 saturated heterocycles. The lowest BCUT2D eigenvalue weighted by molar-refractivity contribution is -0.150. The number of methoxy groups -OCH3 is 1. The van der Waals surface area contributed by atoms with Crippen LogP contribution in [-0.4, -0.2) is 18.9 Å². The van der Waals surface area contributed by atoms with Crippen LogP contribution in [-0.2, 0) is 14.3 Å². The molecule has 0 bridgehead atoms. The molecule has 1 fully saturated rings. The fourth-order valence-corrected chi connectivity index (χ4v) is 2.10. The monoisotopic (exact) mass is 198 g/mol. The van der Waals surface area contributed by atoms with Gasteiger partial charge in [-0.2, -0.15) is 0 Å². The molecule has 1 aliphatic carbocycles. The lowest BCUT2D eigenvalue weighted by Gasteiger charge is -2.27. The van der Waals surface area contributed by atoms with Gasteiger partial charge in [-0.05, 0) is 18.8 Å². The van der Waals surface area contributed by atoms with Gasteiger partial charge in [0.15, 0.2) is 0 Å². The predicted octanol–water partition coefficient (Wildman–Crippen LogP) is 1.80. The molecule has 1 saturated carbocycles. The molecule has 0 radical (unpaired) electrons. The van der Waals surface area contributed by atoms with Crippen molar-refractivity contribution in [2.24, 2.45) is 17.8 Å². The van der Waals surface area contributed by atoms with E-state index in [1.165, 1.54) is 7.11 Å². The second kappa shape index (κ2) is 4.58. The third-order valence-corrected chi connectivity index (χ3v) is 3.11. The van der Waals surface area contributed by atoms with Crippen LogP contribution in [0.25, 0.3) is 0 Å². The van der Waals surface area contributed by atoms with Crippen LogP contribution in [0.4, 0.5) is 0 Å². The molecular weight excluding hydrogens is 180 g/mol. The van der Waals surface area contributed by atoms with Crippen molar-refractivity contribution < 1.29 is 14.3 Å². The van der Waals surface area contributed by atoms with Crippen molar-refractivity contribution in [3.8, 4) is 0 Å². The minimum Gasteiger partial charge on any atom is -0.469 e. The molecule has 14 heavy (non-hydrogen) atoms. The Morgan fingerprint density at radius 1 is 1.50 bits per heavy atom. The van der Waals surface area contributed by atoms with Crippen molar-refractivity contribution in [1.29, 1.82) is 0 Å². The Hall–Kier alpha value is -0.860. The van der Waals surface area contributed by atoms with Gasteiger partial charge in [0.25, 0.3) is 0 Å². The van der Waals surface area contributed by atoms with Crippen LogP contribution in [0.3, 0.4) is 0 Å². The van der Waals surface area contributed by atoms with Gasteiger partial charge in [-0.1, -0.05) is 13.8 Å². The van der Waals surface area contributed by atoms with E-state index in [0.29, 0.717) is 12.3 Å². The molecule has 0 N–H and O–H groups in total. The first-order valence-electron chi connectivity index (χ1n) is 5.16. The van der Waals surface area contributed by atoms with Gasteiger partial charge in [0, 0.05) is 12.3 Å². The lowest BCUT2D eigenvalue weighted by atomic mass is 9.76. The molecule has 0 spiro atoms. The van der Waals surface area contributed by atoms with Crippen molar-refractivity contribution in [1.82, 2.24) is 0 Å². The van der Waals surface area contributed by atoms with E-state index in [-0.39, 0.29) is 23.6 Å². The van der Waals surface area contributed by atoms with Gasteiger partial charge in [-0.15, -0.1) is 0 Å². The summed E-state index contributed by atoms with van der Waals surface area (Å²) in [6.07, 6.45) is 2.49. The summed E-state index contributed by atoms with van der Waals surface area (Å²) in [4.78, 5) is 22.9. The molecule has 3 atom stereocenters. The number of carbonyl (C=O) groups is 2. The van der Waals surface area contributed by atoms with Gasteiger partial charge in [0.1, 0.15) is 5.78 Å². The maximum absolute atomic E-state index is 11.7. The Labute approximate surface area is 84.8 Å². The summed E-state index contributed by atoms with van der Waals surface area (Å²) in [5, 5.41) is 0. The lowest BCUT2D eigenvalue weighted by Crippen LogP contribution is -2.33. The van der Waals surface area contributed by atoms with Gasteiger partial charge in [0.05, 0.1) is 13.0 Å². The van der Waals surface area contributed by atoms with E-state index in [9.17, 15) is 9.59 Å². The molecule has 3 heteroatoms. The van der Waals surface area contributed by atoms with Gasteiger partial charge < -0.3 is 4.74 Å². The second-order valence-electron chi connectivity index (χ2n) is 4.27. The van der Waals surface area contributed by atoms with Crippen LogP contribution in [0, 0.1) is 17.8 Å². The van der Waals surface area contributed by atoms with Crippen molar-refractivity contribution >= 4 is 11.8 Å². The molecule has 0 unspecified atom stereocenters. The Morgan fingerprint density at radius 3 is 2.64 bits per heavy atom. The van der Waals surface area contributed by atoms with Crippen molar-refractivity contribution in [3.05, 3.63) is 0 Å². The van der Waals surface area contributed by atoms with Gasteiger partial charge in [-0.25, -0.2) is 0 Å². The summed E-state index contributed by atoms with van der Waals surface area (Å²) in [7, 11) is 1.37. The largest absolute Gasteiger partial charge is 0.469 e. The van der Waals surface area contributed by atoms with Crippen LogP contribution in [0.15, 0.2) is 0 Å². The van der Waals surface area contributed by atoms with Gasteiger partial charge in [-0.3, -0.25) is 9.59 Å². The minimum absolute atomic E-state index is 0.112. The standard InChI is InChI=1S/C11H18O3/c1-7-4-5-9(10(12)6-7)8(2)11(13)14-3/h7-9H,4-6H2,1-3H3/t7-,8+,9+/m0/s1. The van der Waals surface area contributed by atoms with E-state index in [1.807, 2.05) is 0 Å². The third-order valence-electron chi connectivity index (χ3n) is 3.11. The number of carbonyl (C=O) groups excluding carboxylic acids is 2. The number of ether oxygens (including phenoxy) is 1. The predicted molar refractivity (Wildman–Crippen MR) is 52.7 cm³/mol. The van der Waals surface area contributed by atoms with E-state index in [4.69, 9.17) is 0 Å². The zero-order valence-electron chi connectivity index (χ0n) is 9.08. The first kappa shape index (κ1) is 11.2. The normalized spacial score (nSPS) is 29.8. The number of esters is 1. The molecular formula is C11H18O3. The van der Waals surface area contributed by atoms with Crippen LogP contribution in [0.2, 0.25) is 0 Å². The minimum atomic E-state index is -0.278. The summed E-state index contributed by atoms with van der Waals surface area (Å²) in [5.74, 6) is 0.0433.